The molecule has 0 saturated carbocycles. The van der Waals surface area contributed by atoms with Crippen molar-refractivity contribution < 1.29 is 14.3 Å². The van der Waals surface area contributed by atoms with Crippen LogP contribution in [-0.4, -0.2) is 44.5 Å². The minimum absolute atomic E-state index is 0.0593. The van der Waals surface area contributed by atoms with Crippen molar-refractivity contribution in [1.29, 1.82) is 0 Å². The third-order valence-corrected chi connectivity index (χ3v) is 6.60. The lowest BCUT2D eigenvalue weighted by Gasteiger charge is -2.32. The van der Waals surface area contributed by atoms with E-state index < -0.39 is 0 Å². The minimum atomic E-state index is -0.241. The Morgan fingerprint density at radius 3 is 2.42 bits per heavy atom. The van der Waals surface area contributed by atoms with Crippen LogP contribution in [0.25, 0.3) is 0 Å². The Hall–Kier alpha value is -2.37. The van der Waals surface area contributed by atoms with Gasteiger partial charge in [0.25, 0.3) is 0 Å². The highest BCUT2D eigenvalue weighted by Crippen LogP contribution is 2.29. The van der Waals surface area contributed by atoms with Crippen LogP contribution in [0.2, 0.25) is 5.02 Å². The van der Waals surface area contributed by atoms with Gasteiger partial charge in [0.05, 0.1) is 6.10 Å². The van der Waals surface area contributed by atoms with Crippen LogP contribution < -0.4 is 9.80 Å². The van der Waals surface area contributed by atoms with Gasteiger partial charge < -0.3 is 14.5 Å². The average Bonchev–Trinajstić information content (AvgIpc) is 3.26. The zero-order valence-corrected chi connectivity index (χ0v) is 18.7. The van der Waals surface area contributed by atoms with E-state index in [-0.39, 0.29) is 23.7 Å². The second-order valence-electron chi connectivity index (χ2n) is 8.48. The molecule has 2 aliphatic heterocycles. The maximum atomic E-state index is 13.1. The average molecular weight is 441 g/mol. The largest absolute Gasteiger partial charge is 0.380 e. The van der Waals surface area contributed by atoms with Gasteiger partial charge in [-0.25, -0.2) is 0 Å². The van der Waals surface area contributed by atoms with E-state index in [1.165, 1.54) is 0 Å². The van der Waals surface area contributed by atoms with Gasteiger partial charge in [0.1, 0.15) is 5.78 Å². The standard InChI is InChI=1S/C25H29ClN2O3/c1-31-24-12-14-27(17-24)21-8-10-22(11-9-21)28-13-2-3-19(25(28)30)16-23(29)15-18-4-6-20(26)7-5-18/h4-11,19,24H,2-3,12-17H2,1H3/t19-,24?/m0/s1. The number of rotatable bonds is 7. The second-order valence-corrected chi connectivity index (χ2v) is 8.92. The van der Waals surface area contributed by atoms with E-state index in [4.69, 9.17) is 16.3 Å². The number of amides is 1. The number of methoxy groups -OCH3 is 1. The monoisotopic (exact) mass is 440 g/mol. The number of ketones is 1. The summed E-state index contributed by atoms with van der Waals surface area (Å²) in [6.45, 7) is 2.59. The number of hydrogen-bond donors (Lipinski definition) is 0. The van der Waals surface area contributed by atoms with E-state index in [1.807, 2.05) is 29.2 Å². The van der Waals surface area contributed by atoms with E-state index in [9.17, 15) is 9.59 Å². The number of nitrogens with zero attached hydrogens (tertiary/aromatic N) is 2. The first-order valence-electron chi connectivity index (χ1n) is 11.0. The summed E-state index contributed by atoms with van der Waals surface area (Å²) >= 11 is 5.91. The Morgan fingerprint density at radius 1 is 1.03 bits per heavy atom. The van der Waals surface area contributed by atoms with Crippen LogP contribution in [-0.2, 0) is 20.7 Å². The fourth-order valence-corrected chi connectivity index (χ4v) is 4.70. The van der Waals surface area contributed by atoms with Gasteiger partial charge in [-0.15, -0.1) is 0 Å². The molecule has 5 nitrogen and oxygen atoms in total. The van der Waals surface area contributed by atoms with E-state index in [2.05, 4.69) is 17.0 Å². The summed E-state index contributed by atoms with van der Waals surface area (Å²) < 4.78 is 5.45. The number of Topliss-reactive ketones (excluding diaryl/α,β-unsaturated/α-hetero) is 1. The maximum absolute atomic E-state index is 13.1. The highest BCUT2D eigenvalue weighted by Gasteiger charge is 2.31. The summed E-state index contributed by atoms with van der Waals surface area (Å²) in [5.74, 6) is -0.0852. The molecule has 0 bridgehead atoms. The molecule has 2 aliphatic rings. The number of ether oxygens (including phenoxy) is 1. The number of carbonyl (C=O) groups is 2. The molecule has 2 aromatic rings. The van der Waals surface area contributed by atoms with Crippen LogP contribution in [0.5, 0.6) is 0 Å². The lowest BCUT2D eigenvalue weighted by Crippen LogP contribution is -2.42. The number of halogens is 1. The summed E-state index contributed by atoms with van der Waals surface area (Å²) in [6.07, 6.45) is 3.64. The summed E-state index contributed by atoms with van der Waals surface area (Å²) in [4.78, 5) is 29.8. The number of benzene rings is 2. The molecular weight excluding hydrogens is 412 g/mol. The molecule has 1 unspecified atom stereocenters. The topological polar surface area (TPSA) is 49.9 Å². The molecule has 2 heterocycles. The third kappa shape index (κ3) is 5.28. The van der Waals surface area contributed by atoms with E-state index in [0.29, 0.717) is 24.4 Å². The van der Waals surface area contributed by atoms with Crippen molar-refractivity contribution >= 4 is 34.7 Å². The number of carbonyl (C=O) groups excluding carboxylic acids is 2. The fourth-order valence-electron chi connectivity index (χ4n) is 4.57. The molecule has 2 saturated heterocycles. The molecule has 0 aromatic heterocycles. The second kappa shape index (κ2) is 9.84. The zero-order valence-electron chi connectivity index (χ0n) is 17.9. The van der Waals surface area contributed by atoms with Crippen LogP contribution >= 0.6 is 11.6 Å². The minimum Gasteiger partial charge on any atom is -0.380 e. The highest BCUT2D eigenvalue weighted by atomic mass is 35.5. The molecule has 31 heavy (non-hydrogen) atoms. The lowest BCUT2D eigenvalue weighted by molar-refractivity contribution is -0.128. The van der Waals surface area contributed by atoms with Crippen molar-refractivity contribution in [3.8, 4) is 0 Å². The van der Waals surface area contributed by atoms with Crippen molar-refractivity contribution in [2.75, 3.05) is 36.5 Å². The van der Waals surface area contributed by atoms with Gasteiger partial charge in [-0.2, -0.15) is 0 Å². The van der Waals surface area contributed by atoms with Gasteiger partial charge >= 0.3 is 0 Å². The lowest BCUT2D eigenvalue weighted by atomic mass is 9.90. The Bertz CT molecular complexity index is 913. The molecule has 0 N–H and O–H groups in total. The molecule has 2 fully saturated rings. The van der Waals surface area contributed by atoms with E-state index >= 15 is 0 Å². The molecule has 4 rings (SSSR count). The Kier molecular flexibility index (Phi) is 6.93. The van der Waals surface area contributed by atoms with Crippen LogP contribution in [0, 0.1) is 5.92 Å². The molecule has 164 valence electrons. The molecule has 2 aromatic carbocycles. The normalized spacial score (nSPS) is 21.5. The highest BCUT2D eigenvalue weighted by molar-refractivity contribution is 6.30. The summed E-state index contributed by atoms with van der Waals surface area (Å²) in [7, 11) is 1.76. The molecule has 0 radical (unpaired) electrons. The molecule has 0 spiro atoms. The first kappa shape index (κ1) is 21.8. The van der Waals surface area contributed by atoms with Crippen LogP contribution in [0.4, 0.5) is 11.4 Å². The summed E-state index contributed by atoms with van der Waals surface area (Å²) in [6, 6.07) is 15.5. The molecule has 1 amide bonds. The smallest absolute Gasteiger partial charge is 0.230 e. The summed E-state index contributed by atoms with van der Waals surface area (Å²) in [5, 5.41) is 0.656. The van der Waals surface area contributed by atoms with Gasteiger partial charge in [0.2, 0.25) is 5.91 Å². The predicted molar refractivity (Wildman–Crippen MR) is 124 cm³/mol. The third-order valence-electron chi connectivity index (χ3n) is 6.34. The SMILES string of the molecule is COC1CCN(c2ccc(N3CCC[C@@H](CC(=O)Cc4ccc(Cl)cc4)C3=O)cc2)C1. The predicted octanol–water partition coefficient (Wildman–Crippen LogP) is 4.51. The van der Waals surface area contributed by atoms with E-state index in [0.717, 1.165) is 49.3 Å². The number of hydrogen-bond acceptors (Lipinski definition) is 4. The quantitative estimate of drug-likeness (QED) is 0.635. The number of piperidine rings is 1. The summed E-state index contributed by atoms with van der Waals surface area (Å²) in [5.41, 5.74) is 3.00. The first-order valence-corrected chi connectivity index (χ1v) is 11.4. The molecular formula is C25H29ClN2O3. The van der Waals surface area contributed by atoms with Crippen molar-refractivity contribution in [2.45, 2.75) is 38.2 Å². The Labute approximate surface area is 188 Å². The van der Waals surface area contributed by atoms with E-state index in [1.54, 1.807) is 19.2 Å². The van der Waals surface area contributed by atoms with Gasteiger partial charge in [0, 0.05) is 61.9 Å². The van der Waals surface area contributed by atoms with Gasteiger partial charge in [-0.05, 0) is 61.2 Å². The van der Waals surface area contributed by atoms with Gasteiger partial charge in [-0.1, -0.05) is 23.7 Å². The van der Waals surface area contributed by atoms with Crippen molar-refractivity contribution in [3.63, 3.8) is 0 Å². The number of anilines is 2. The molecule has 0 aliphatic carbocycles. The molecule has 2 atom stereocenters. The van der Waals surface area contributed by atoms with Crippen molar-refractivity contribution in [2.24, 2.45) is 5.92 Å². The van der Waals surface area contributed by atoms with Crippen LogP contribution in [0.1, 0.15) is 31.2 Å². The zero-order chi connectivity index (χ0) is 21.8. The Balaban J connectivity index is 1.36. The maximum Gasteiger partial charge on any atom is 0.230 e. The fraction of sp³-hybridized carbons (Fsp3) is 0.440. The molecule has 6 heteroatoms. The Morgan fingerprint density at radius 2 is 1.74 bits per heavy atom. The van der Waals surface area contributed by atoms with Crippen molar-refractivity contribution in [1.82, 2.24) is 0 Å². The van der Waals surface area contributed by atoms with Crippen LogP contribution in [0.15, 0.2) is 48.5 Å². The van der Waals surface area contributed by atoms with Gasteiger partial charge in [-0.3, -0.25) is 9.59 Å². The van der Waals surface area contributed by atoms with Gasteiger partial charge in [0.15, 0.2) is 0 Å². The van der Waals surface area contributed by atoms with Crippen LogP contribution in [0.3, 0.4) is 0 Å². The first-order chi connectivity index (χ1) is 15.0. The van der Waals surface area contributed by atoms with Crippen molar-refractivity contribution in [3.05, 3.63) is 59.1 Å².